The molecule has 2 aromatic carbocycles. The lowest BCUT2D eigenvalue weighted by Crippen LogP contribution is -3.08. The minimum absolute atomic E-state index is 0.0654. The van der Waals surface area contributed by atoms with Gasteiger partial charge in [0.15, 0.2) is 6.54 Å². The van der Waals surface area contributed by atoms with Crippen LogP contribution in [-0.4, -0.2) is 32.6 Å². The van der Waals surface area contributed by atoms with Crippen molar-refractivity contribution in [3.8, 4) is 0 Å². The van der Waals surface area contributed by atoms with E-state index in [4.69, 9.17) is 0 Å². The van der Waals surface area contributed by atoms with Crippen LogP contribution >= 0.6 is 0 Å². The molecule has 1 atom stereocenters. The van der Waals surface area contributed by atoms with E-state index in [0.29, 0.717) is 6.54 Å². The average molecular weight is 368 g/mol. The fourth-order valence-electron chi connectivity index (χ4n) is 3.83. The van der Waals surface area contributed by atoms with Gasteiger partial charge in [-0.2, -0.15) is 0 Å². The highest BCUT2D eigenvalue weighted by Crippen LogP contribution is 2.09. The predicted molar refractivity (Wildman–Crippen MR) is 110 cm³/mol. The van der Waals surface area contributed by atoms with Crippen molar-refractivity contribution in [2.24, 2.45) is 0 Å². The summed E-state index contributed by atoms with van der Waals surface area (Å²) < 4.78 is 0. The van der Waals surface area contributed by atoms with Gasteiger partial charge in [-0.15, -0.1) is 0 Å². The predicted octanol–water partition coefficient (Wildman–Crippen LogP) is 1.08. The number of anilines is 1. The molecular weight excluding hydrogens is 334 g/mol. The summed E-state index contributed by atoms with van der Waals surface area (Å²) in [5, 5.41) is 3.03. The first-order valence-corrected chi connectivity index (χ1v) is 10.2. The van der Waals surface area contributed by atoms with E-state index in [1.807, 2.05) is 12.1 Å². The van der Waals surface area contributed by atoms with Crippen LogP contribution in [-0.2, 0) is 24.3 Å². The molecule has 3 rings (SSSR count). The van der Waals surface area contributed by atoms with E-state index in [1.165, 1.54) is 47.5 Å². The van der Waals surface area contributed by atoms with Gasteiger partial charge in [0.1, 0.15) is 13.1 Å². The SMILES string of the molecule is CCc1ccc(C[NH+](C)CC(=O)Nc2ccc(C[NH+]3CCCC3)cc2)cc1. The third-order valence-electron chi connectivity index (χ3n) is 5.40. The van der Waals surface area contributed by atoms with E-state index in [1.54, 1.807) is 4.90 Å². The number of hydrogen-bond donors (Lipinski definition) is 3. The molecule has 0 spiro atoms. The van der Waals surface area contributed by atoms with Gasteiger partial charge < -0.3 is 15.1 Å². The molecule has 4 nitrogen and oxygen atoms in total. The zero-order valence-electron chi connectivity index (χ0n) is 16.7. The van der Waals surface area contributed by atoms with Crippen LogP contribution in [0.5, 0.6) is 0 Å². The molecule has 1 aliphatic heterocycles. The standard InChI is InChI=1S/C23H31N3O/c1-3-19-6-8-20(9-7-19)16-25(2)18-23(27)24-22-12-10-21(11-13-22)17-26-14-4-5-15-26/h6-13H,3-5,14-18H2,1-2H3,(H,24,27)/p+2. The number of likely N-dealkylation sites (tertiary alicyclic amines) is 1. The molecule has 2 aromatic rings. The molecule has 0 radical (unpaired) electrons. The molecule has 1 unspecified atom stereocenters. The lowest BCUT2D eigenvalue weighted by Gasteiger charge is -2.15. The molecule has 27 heavy (non-hydrogen) atoms. The van der Waals surface area contributed by atoms with Crippen LogP contribution in [0.15, 0.2) is 48.5 Å². The quantitative estimate of drug-likeness (QED) is 0.642. The molecule has 0 saturated carbocycles. The summed E-state index contributed by atoms with van der Waals surface area (Å²) in [6, 6.07) is 17.0. The molecule has 1 saturated heterocycles. The fraction of sp³-hybridized carbons (Fsp3) is 0.435. The van der Waals surface area contributed by atoms with Gasteiger partial charge >= 0.3 is 0 Å². The molecule has 3 N–H and O–H groups in total. The topological polar surface area (TPSA) is 38.0 Å². The first-order chi connectivity index (χ1) is 13.1. The zero-order valence-corrected chi connectivity index (χ0v) is 16.7. The van der Waals surface area contributed by atoms with Crippen molar-refractivity contribution in [3.05, 3.63) is 65.2 Å². The molecule has 1 fully saturated rings. The van der Waals surface area contributed by atoms with Gasteiger partial charge in [0.25, 0.3) is 5.91 Å². The number of nitrogens with one attached hydrogen (secondary N) is 3. The molecule has 144 valence electrons. The lowest BCUT2D eigenvalue weighted by molar-refractivity contribution is -0.901. The number of carbonyl (C=O) groups is 1. The van der Waals surface area contributed by atoms with Gasteiger partial charge in [-0.1, -0.05) is 43.3 Å². The van der Waals surface area contributed by atoms with E-state index in [2.05, 4.69) is 55.7 Å². The molecular formula is C23H33N3O+2. The highest BCUT2D eigenvalue weighted by molar-refractivity contribution is 5.91. The average Bonchev–Trinajstić information content (AvgIpc) is 3.17. The van der Waals surface area contributed by atoms with E-state index >= 15 is 0 Å². The van der Waals surface area contributed by atoms with Crippen molar-refractivity contribution in [2.75, 3.05) is 32.0 Å². The summed E-state index contributed by atoms with van der Waals surface area (Å²) in [7, 11) is 2.06. The number of benzene rings is 2. The van der Waals surface area contributed by atoms with Gasteiger partial charge in [0.2, 0.25) is 0 Å². The van der Waals surface area contributed by atoms with E-state index in [-0.39, 0.29) is 5.91 Å². The largest absolute Gasteiger partial charge is 0.331 e. The van der Waals surface area contributed by atoms with Crippen LogP contribution in [0.3, 0.4) is 0 Å². The lowest BCUT2D eigenvalue weighted by atomic mass is 10.1. The third kappa shape index (κ3) is 6.19. The van der Waals surface area contributed by atoms with E-state index in [0.717, 1.165) is 25.2 Å². The van der Waals surface area contributed by atoms with Crippen molar-refractivity contribution in [3.63, 3.8) is 0 Å². The number of aryl methyl sites for hydroxylation is 1. The smallest absolute Gasteiger partial charge is 0.279 e. The Morgan fingerprint density at radius 1 is 0.963 bits per heavy atom. The Morgan fingerprint density at radius 3 is 2.19 bits per heavy atom. The van der Waals surface area contributed by atoms with Gasteiger partial charge in [-0.05, 0) is 24.1 Å². The van der Waals surface area contributed by atoms with Crippen molar-refractivity contribution in [2.45, 2.75) is 39.3 Å². The molecule has 0 bridgehead atoms. The van der Waals surface area contributed by atoms with Crippen molar-refractivity contribution < 1.29 is 14.6 Å². The Bertz CT molecular complexity index is 718. The molecule has 0 aromatic heterocycles. The maximum absolute atomic E-state index is 12.3. The van der Waals surface area contributed by atoms with Gasteiger partial charge in [-0.25, -0.2) is 0 Å². The molecule has 1 aliphatic rings. The number of amides is 1. The second-order valence-corrected chi connectivity index (χ2v) is 7.86. The molecule has 1 amide bonds. The van der Waals surface area contributed by atoms with E-state index in [9.17, 15) is 4.79 Å². The van der Waals surface area contributed by atoms with Crippen LogP contribution in [0.4, 0.5) is 5.69 Å². The minimum atomic E-state index is 0.0654. The Morgan fingerprint density at radius 2 is 1.56 bits per heavy atom. The number of likely N-dealkylation sites (N-methyl/N-ethyl adjacent to an activating group) is 1. The fourth-order valence-corrected chi connectivity index (χ4v) is 3.83. The first-order valence-electron chi connectivity index (χ1n) is 10.2. The number of rotatable bonds is 8. The van der Waals surface area contributed by atoms with Crippen molar-refractivity contribution in [1.82, 2.24) is 0 Å². The van der Waals surface area contributed by atoms with Gasteiger partial charge in [-0.3, -0.25) is 4.79 Å². The Kier molecular flexibility index (Phi) is 7.02. The molecule has 0 aliphatic carbocycles. The number of carbonyl (C=O) groups excluding carboxylic acids is 1. The summed E-state index contributed by atoms with van der Waals surface area (Å²) in [6.45, 7) is 7.16. The second kappa shape index (κ2) is 9.67. The van der Waals surface area contributed by atoms with Crippen molar-refractivity contribution in [1.29, 1.82) is 0 Å². The Balaban J connectivity index is 1.44. The monoisotopic (exact) mass is 367 g/mol. The maximum Gasteiger partial charge on any atom is 0.279 e. The molecule has 4 heteroatoms. The van der Waals surface area contributed by atoms with Crippen LogP contribution in [0.2, 0.25) is 0 Å². The zero-order chi connectivity index (χ0) is 19.1. The summed E-state index contributed by atoms with van der Waals surface area (Å²) in [6.07, 6.45) is 3.76. The summed E-state index contributed by atoms with van der Waals surface area (Å²) >= 11 is 0. The normalized spacial score (nSPS) is 15.6. The summed E-state index contributed by atoms with van der Waals surface area (Å²) in [4.78, 5) is 15.2. The van der Waals surface area contributed by atoms with Crippen LogP contribution in [0.1, 0.15) is 36.5 Å². The minimum Gasteiger partial charge on any atom is -0.331 e. The van der Waals surface area contributed by atoms with Gasteiger partial charge in [0, 0.05) is 29.7 Å². The summed E-state index contributed by atoms with van der Waals surface area (Å²) in [5.41, 5.74) is 4.86. The van der Waals surface area contributed by atoms with Crippen molar-refractivity contribution >= 4 is 11.6 Å². The Hall–Kier alpha value is -2.17. The number of quaternary nitrogens is 2. The van der Waals surface area contributed by atoms with Crippen LogP contribution in [0.25, 0.3) is 0 Å². The number of hydrogen-bond acceptors (Lipinski definition) is 1. The highest BCUT2D eigenvalue weighted by atomic mass is 16.2. The summed E-state index contributed by atoms with van der Waals surface area (Å²) in [5.74, 6) is 0.0654. The third-order valence-corrected chi connectivity index (χ3v) is 5.40. The Labute approximate surface area is 163 Å². The first kappa shape index (κ1) is 19.6. The molecule has 1 heterocycles. The van der Waals surface area contributed by atoms with Gasteiger partial charge in [0.05, 0.1) is 20.1 Å². The maximum atomic E-state index is 12.3. The second-order valence-electron chi connectivity index (χ2n) is 7.86. The van der Waals surface area contributed by atoms with Crippen LogP contribution < -0.4 is 15.1 Å². The van der Waals surface area contributed by atoms with E-state index < -0.39 is 0 Å². The highest BCUT2D eigenvalue weighted by Gasteiger charge is 2.15. The van der Waals surface area contributed by atoms with Crippen LogP contribution in [0, 0.1) is 0 Å².